The van der Waals surface area contributed by atoms with E-state index in [1.807, 2.05) is 65.2 Å². The molecule has 0 bridgehead atoms. The topological polar surface area (TPSA) is 48.0 Å². The summed E-state index contributed by atoms with van der Waals surface area (Å²) in [6.45, 7) is 0.645. The van der Waals surface area contributed by atoms with Gasteiger partial charge in [0.25, 0.3) is 5.91 Å². The molecule has 19 heavy (non-hydrogen) atoms. The van der Waals surface area contributed by atoms with Crippen molar-refractivity contribution in [2.75, 3.05) is 0 Å². The van der Waals surface area contributed by atoms with Crippen LogP contribution in [0.3, 0.4) is 0 Å². The molecule has 0 aliphatic heterocycles. The van der Waals surface area contributed by atoms with Crippen molar-refractivity contribution in [1.82, 2.24) is 4.57 Å². The van der Waals surface area contributed by atoms with Gasteiger partial charge in [0, 0.05) is 17.4 Å². The highest BCUT2D eigenvalue weighted by atomic mass is 16.1. The minimum Gasteiger partial charge on any atom is -0.364 e. The quantitative estimate of drug-likeness (QED) is 0.763. The van der Waals surface area contributed by atoms with Crippen LogP contribution in [0.4, 0.5) is 0 Å². The summed E-state index contributed by atoms with van der Waals surface area (Å²) in [4.78, 5) is 11.6. The largest absolute Gasteiger partial charge is 0.364 e. The fourth-order valence-corrected chi connectivity index (χ4v) is 2.35. The summed E-state index contributed by atoms with van der Waals surface area (Å²) in [6.07, 6.45) is 0. The molecule has 94 valence electrons. The Labute approximate surface area is 111 Å². The minimum atomic E-state index is -0.396. The van der Waals surface area contributed by atoms with Crippen molar-refractivity contribution in [2.45, 2.75) is 6.54 Å². The van der Waals surface area contributed by atoms with Crippen LogP contribution in [0.2, 0.25) is 0 Å². The molecule has 0 spiro atoms. The monoisotopic (exact) mass is 250 g/mol. The number of hydrogen-bond donors (Lipinski definition) is 1. The van der Waals surface area contributed by atoms with Crippen LogP contribution in [0.25, 0.3) is 10.9 Å². The number of primary amides is 1. The summed E-state index contributed by atoms with van der Waals surface area (Å²) < 4.78 is 1.97. The van der Waals surface area contributed by atoms with Crippen molar-refractivity contribution in [3.63, 3.8) is 0 Å². The highest BCUT2D eigenvalue weighted by Crippen LogP contribution is 2.21. The third kappa shape index (κ3) is 2.10. The molecular formula is C16H14N2O. The summed E-state index contributed by atoms with van der Waals surface area (Å²) in [6, 6.07) is 19.8. The highest BCUT2D eigenvalue weighted by Gasteiger charge is 2.12. The lowest BCUT2D eigenvalue weighted by Crippen LogP contribution is -2.17. The van der Waals surface area contributed by atoms with Gasteiger partial charge in [-0.1, -0.05) is 48.5 Å². The number of carbonyl (C=O) groups is 1. The Morgan fingerprint density at radius 3 is 2.42 bits per heavy atom. The summed E-state index contributed by atoms with van der Waals surface area (Å²) in [5.41, 5.74) is 8.19. The van der Waals surface area contributed by atoms with Crippen molar-refractivity contribution >= 4 is 16.8 Å². The second kappa shape index (κ2) is 4.61. The average Bonchev–Trinajstić information content (AvgIpc) is 2.79. The molecule has 3 aromatic rings. The van der Waals surface area contributed by atoms with Crippen LogP contribution in [0.1, 0.15) is 16.1 Å². The van der Waals surface area contributed by atoms with Crippen molar-refractivity contribution < 1.29 is 4.79 Å². The molecule has 1 aromatic heterocycles. The molecule has 0 saturated carbocycles. The van der Waals surface area contributed by atoms with Gasteiger partial charge in [-0.15, -0.1) is 0 Å². The predicted octanol–water partition coefficient (Wildman–Crippen LogP) is 2.79. The summed E-state index contributed by atoms with van der Waals surface area (Å²) in [7, 11) is 0. The predicted molar refractivity (Wildman–Crippen MR) is 76.0 cm³/mol. The first kappa shape index (κ1) is 11.5. The standard InChI is InChI=1S/C16H14N2O/c17-16(19)15-10-13-8-4-5-9-14(13)18(15)11-12-6-2-1-3-7-12/h1-10H,11H2,(H2,17,19). The van der Waals surface area contributed by atoms with Gasteiger partial charge in [0.05, 0.1) is 0 Å². The van der Waals surface area contributed by atoms with Gasteiger partial charge in [-0.25, -0.2) is 0 Å². The first-order valence-corrected chi connectivity index (χ1v) is 6.18. The maximum absolute atomic E-state index is 11.6. The fraction of sp³-hybridized carbons (Fsp3) is 0.0625. The van der Waals surface area contributed by atoms with Gasteiger partial charge in [0.15, 0.2) is 0 Å². The molecule has 1 heterocycles. The maximum atomic E-state index is 11.6. The zero-order chi connectivity index (χ0) is 13.2. The van der Waals surface area contributed by atoms with E-state index in [4.69, 9.17) is 5.73 Å². The van der Waals surface area contributed by atoms with E-state index >= 15 is 0 Å². The maximum Gasteiger partial charge on any atom is 0.265 e. The second-order valence-electron chi connectivity index (χ2n) is 4.52. The van der Waals surface area contributed by atoms with Gasteiger partial charge in [0.2, 0.25) is 0 Å². The molecule has 0 atom stereocenters. The lowest BCUT2D eigenvalue weighted by Gasteiger charge is -2.08. The Bertz CT molecular complexity index is 729. The van der Waals surface area contributed by atoms with Crippen molar-refractivity contribution in [3.05, 3.63) is 71.9 Å². The summed E-state index contributed by atoms with van der Waals surface area (Å²) in [5.74, 6) is -0.396. The van der Waals surface area contributed by atoms with Gasteiger partial charge in [0.1, 0.15) is 5.69 Å². The third-order valence-corrected chi connectivity index (χ3v) is 3.25. The molecule has 3 nitrogen and oxygen atoms in total. The van der Waals surface area contributed by atoms with Crippen LogP contribution in [0, 0.1) is 0 Å². The normalized spacial score (nSPS) is 10.7. The number of para-hydroxylation sites is 1. The van der Waals surface area contributed by atoms with Crippen molar-refractivity contribution in [2.24, 2.45) is 5.73 Å². The molecule has 0 saturated heterocycles. The van der Waals surface area contributed by atoms with Crippen LogP contribution in [0.5, 0.6) is 0 Å². The molecule has 0 aliphatic rings. The number of nitrogens with two attached hydrogens (primary N) is 1. The summed E-state index contributed by atoms with van der Waals surface area (Å²) >= 11 is 0. The van der Waals surface area contributed by atoms with E-state index in [1.54, 1.807) is 0 Å². The molecule has 1 amide bonds. The number of fused-ring (bicyclic) bond motifs is 1. The average molecular weight is 250 g/mol. The van der Waals surface area contributed by atoms with Gasteiger partial charge in [-0.2, -0.15) is 0 Å². The number of nitrogens with zero attached hydrogens (tertiary/aromatic N) is 1. The van der Waals surface area contributed by atoms with Crippen molar-refractivity contribution in [3.8, 4) is 0 Å². The van der Waals surface area contributed by atoms with E-state index in [2.05, 4.69) is 0 Å². The Hall–Kier alpha value is -2.55. The molecule has 0 fully saturated rings. The molecule has 2 N–H and O–H groups in total. The van der Waals surface area contributed by atoms with Crippen LogP contribution in [0.15, 0.2) is 60.7 Å². The van der Waals surface area contributed by atoms with Gasteiger partial charge in [-0.3, -0.25) is 4.79 Å². The Morgan fingerprint density at radius 2 is 1.68 bits per heavy atom. The molecule has 3 rings (SSSR count). The lowest BCUT2D eigenvalue weighted by atomic mass is 10.2. The number of rotatable bonds is 3. The van der Waals surface area contributed by atoms with Crippen LogP contribution < -0.4 is 5.73 Å². The fourth-order valence-electron chi connectivity index (χ4n) is 2.35. The van der Waals surface area contributed by atoms with E-state index < -0.39 is 5.91 Å². The number of aromatic nitrogens is 1. The number of benzene rings is 2. The minimum absolute atomic E-state index is 0.396. The van der Waals surface area contributed by atoms with E-state index in [0.29, 0.717) is 12.2 Å². The molecular weight excluding hydrogens is 236 g/mol. The van der Waals surface area contributed by atoms with Gasteiger partial charge in [-0.05, 0) is 17.7 Å². The molecule has 3 heteroatoms. The first-order chi connectivity index (χ1) is 9.25. The van der Waals surface area contributed by atoms with E-state index in [9.17, 15) is 4.79 Å². The molecule has 0 aliphatic carbocycles. The van der Waals surface area contributed by atoms with Crippen LogP contribution in [-0.4, -0.2) is 10.5 Å². The van der Waals surface area contributed by atoms with Gasteiger partial charge < -0.3 is 10.3 Å². The van der Waals surface area contributed by atoms with Crippen LogP contribution >= 0.6 is 0 Å². The number of carbonyl (C=O) groups excluding carboxylic acids is 1. The Morgan fingerprint density at radius 1 is 1.00 bits per heavy atom. The molecule has 2 aromatic carbocycles. The van der Waals surface area contributed by atoms with Gasteiger partial charge >= 0.3 is 0 Å². The summed E-state index contributed by atoms with van der Waals surface area (Å²) in [5, 5.41) is 1.03. The number of hydrogen-bond acceptors (Lipinski definition) is 1. The smallest absolute Gasteiger partial charge is 0.265 e. The SMILES string of the molecule is NC(=O)c1cc2ccccc2n1Cc1ccccc1. The van der Waals surface area contributed by atoms with Crippen LogP contribution in [-0.2, 0) is 6.54 Å². The van der Waals surface area contributed by atoms with E-state index in [0.717, 1.165) is 16.5 Å². The lowest BCUT2D eigenvalue weighted by molar-refractivity contribution is 0.0992. The van der Waals surface area contributed by atoms with E-state index in [1.165, 1.54) is 0 Å². The Balaban J connectivity index is 2.15. The second-order valence-corrected chi connectivity index (χ2v) is 4.52. The van der Waals surface area contributed by atoms with E-state index in [-0.39, 0.29) is 0 Å². The third-order valence-electron chi connectivity index (χ3n) is 3.25. The number of amides is 1. The Kier molecular flexibility index (Phi) is 2.80. The zero-order valence-corrected chi connectivity index (χ0v) is 10.4. The highest BCUT2D eigenvalue weighted by molar-refractivity contribution is 5.97. The van der Waals surface area contributed by atoms with Crippen molar-refractivity contribution in [1.29, 1.82) is 0 Å². The molecule has 0 radical (unpaired) electrons. The molecule has 0 unspecified atom stereocenters. The first-order valence-electron chi connectivity index (χ1n) is 6.18. The zero-order valence-electron chi connectivity index (χ0n) is 10.4.